The van der Waals surface area contributed by atoms with Crippen molar-refractivity contribution in [2.24, 2.45) is 0 Å². The lowest BCUT2D eigenvalue weighted by Crippen LogP contribution is -2.26. The highest BCUT2D eigenvalue weighted by atomic mass is 19.4. The highest BCUT2D eigenvalue weighted by Gasteiger charge is 2.38. The third kappa shape index (κ3) is 8.43. The Morgan fingerprint density at radius 2 is 1.61 bits per heavy atom. The van der Waals surface area contributed by atoms with Gasteiger partial charge in [-0.1, -0.05) is 25.5 Å². The van der Waals surface area contributed by atoms with Crippen molar-refractivity contribution in [3.63, 3.8) is 0 Å². The molecule has 0 aliphatic carbocycles. The zero-order chi connectivity index (χ0) is 25.2. The van der Waals surface area contributed by atoms with Crippen molar-refractivity contribution in [3.8, 4) is 0 Å². The highest BCUT2D eigenvalue weighted by Crippen LogP contribution is 2.25. The van der Waals surface area contributed by atoms with Crippen LogP contribution in [0.3, 0.4) is 0 Å². The van der Waals surface area contributed by atoms with Gasteiger partial charge in [0.1, 0.15) is 5.82 Å². The fourth-order valence-corrected chi connectivity index (χ4v) is 2.70. The molecular formula is C22H24F4N2O5. The summed E-state index contributed by atoms with van der Waals surface area (Å²) in [6, 6.07) is 10.4. The first kappa shape index (κ1) is 27.4. The summed E-state index contributed by atoms with van der Waals surface area (Å²) in [5.41, 5.74) is 0.934. The molecule has 2 aromatic rings. The number of nitrogens with one attached hydrogen (secondary N) is 1. The molecule has 0 aromatic heterocycles. The van der Waals surface area contributed by atoms with Gasteiger partial charge in [0.25, 0.3) is 5.91 Å². The molecule has 0 atom stereocenters. The molecule has 0 aliphatic heterocycles. The van der Waals surface area contributed by atoms with Gasteiger partial charge in [-0.05, 0) is 43.7 Å². The van der Waals surface area contributed by atoms with Gasteiger partial charge in [-0.25, -0.2) is 14.0 Å². The fourth-order valence-electron chi connectivity index (χ4n) is 2.70. The van der Waals surface area contributed by atoms with Crippen LogP contribution in [0.2, 0.25) is 0 Å². The topological polar surface area (TPSA) is 107 Å². The highest BCUT2D eigenvalue weighted by molar-refractivity contribution is 6.05. The minimum Gasteiger partial charge on any atom is -0.478 e. The summed E-state index contributed by atoms with van der Waals surface area (Å²) in [6.07, 6.45) is -3.12. The van der Waals surface area contributed by atoms with E-state index in [0.29, 0.717) is 17.9 Å². The summed E-state index contributed by atoms with van der Waals surface area (Å²) in [5.74, 6) is -5.08. The molecule has 0 spiro atoms. The third-order valence-electron chi connectivity index (χ3n) is 4.35. The van der Waals surface area contributed by atoms with Crippen LogP contribution in [0.4, 0.5) is 28.9 Å². The van der Waals surface area contributed by atoms with Crippen LogP contribution in [0.1, 0.15) is 47.4 Å². The molecule has 3 N–H and O–H groups in total. The monoisotopic (exact) mass is 472 g/mol. The van der Waals surface area contributed by atoms with E-state index in [0.717, 1.165) is 19.4 Å². The van der Waals surface area contributed by atoms with Gasteiger partial charge >= 0.3 is 18.1 Å². The van der Waals surface area contributed by atoms with Crippen LogP contribution in [-0.4, -0.2) is 47.3 Å². The number of halogens is 4. The maximum absolute atomic E-state index is 13.7. The molecule has 33 heavy (non-hydrogen) atoms. The Hall–Kier alpha value is -3.63. The van der Waals surface area contributed by atoms with E-state index in [9.17, 15) is 32.3 Å². The number of hydrogen-bond acceptors (Lipinski definition) is 4. The number of aromatic carboxylic acids is 1. The van der Waals surface area contributed by atoms with E-state index in [2.05, 4.69) is 12.2 Å². The number of hydrogen-bond donors (Lipinski definition) is 3. The van der Waals surface area contributed by atoms with E-state index < -0.39 is 29.8 Å². The van der Waals surface area contributed by atoms with Crippen LogP contribution in [0, 0.1) is 5.82 Å². The van der Waals surface area contributed by atoms with Gasteiger partial charge in [-0.3, -0.25) is 4.79 Å². The Bertz CT molecular complexity index is 979. The van der Waals surface area contributed by atoms with Crippen molar-refractivity contribution >= 4 is 29.2 Å². The Balaban J connectivity index is 0.000000675. The summed E-state index contributed by atoms with van der Waals surface area (Å²) < 4.78 is 45.5. The van der Waals surface area contributed by atoms with Gasteiger partial charge in [0.15, 0.2) is 0 Å². The maximum atomic E-state index is 13.7. The van der Waals surface area contributed by atoms with Gasteiger partial charge in [-0.15, -0.1) is 0 Å². The van der Waals surface area contributed by atoms with Gasteiger partial charge < -0.3 is 20.4 Å². The Morgan fingerprint density at radius 3 is 2.09 bits per heavy atom. The van der Waals surface area contributed by atoms with Crippen molar-refractivity contribution < 1.29 is 42.2 Å². The molecule has 180 valence electrons. The second-order valence-corrected chi connectivity index (χ2v) is 6.71. The lowest BCUT2D eigenvalue weighted by Gasteiger charge is -2.25. The molecule has 1 amide bonds. The molecule has 0 saturated heterocycles. The maximum Gasteiger partial charge on any atom is 0.490 e. The van der Waals surface area contributed by atoms with Gasteiger partial charge in [0.2, 0.25) is 0 Å². The predicted molar refractivity (Wildman–Crippen MR) is 114 cm³/mol. The zero-order valence-corrected chi connectivity index (χ0v) is 17.9. The van der Waals surface area contributed by atoms with Gasteiger partial charge in [0.05, 0.1) is 16.8 Å². The first-order chi connectivity index (χ1) is 15.4. The number of rotatable bonds is 8. The number of carbonyl (C=O) groups is 3. The summed E-state index contributed by atoms with van der Waals surface area (Å²) in [5, 5.41) is 19.2. The van der Waals surface area contributed by atoms with E-state index in [1.807, 2.05) is 11.8 Å². The molecule has 0 aliphatic rings. The van der Waals surface area contributed by atoms with Crippen LogP contribution >= 0.6 is 0 Å². The molecule has 2 rings (SSSR count). The SMILES string of the molecule is CCCCN(CC)c1ccc(NC(=O)c2ccccc2F)cc1C(=O)O.O=C(O)C(F)(F)F. The summed E-state index contributed by atoms with van der Waals surface area (Å²) >= 11 is 0. The number of aliphatic carboxylic acids is 1. The molecule has 2 aromatic carbocycles. The number of nitrogens with zero attached hydrogens (tertiary/aromatic N) is 1. The van der Waals surface area contributed by atoms with E-state index in [1.165, 1.54) is 24.3 Å². The number of amides is 1. The smallest absolute Gasteiger partial charge is 0.478 e. The van der Waals surface area contributed by atoms with Crippen molar-refractivity contribution in [1.29, 1.82) is 0 Å². The molecule has 11 heteroatoms. The van der Waals surface area contributed by atoms with Crippen LogP contribution in [-0.2, 0) is 4.79 Å². The van der Waals surface area contributed by atoms with Crippen molar-refractivity contribution in [1.82, 2.24) is 0 Å². The normalized spacial score (nSPS) is 10.6. The minimum atomic E-state index is -5.08. The standard InChI is InChI=1S/C20H23FN2O3.C2HF3O2/c1-3-5-12-23(4-2)18-11-10-14(13-16(18)20(25)26)22-19(24)15-8-6-7-9-17(15)21;3-2(4,5)1(6)7/h6-11,13H,3-5,12H2,1-2H3,(H,22,24)(H,25,26);(H,6,7). The minimum absolute atomic E-state index is 0.0911. The number of carbonyl (C=O) groups excluding carboxylic acids is 1. The Labute approximate surface area is 187 Å². The summed E-state index contributed by atoms with van der Waals surface area (Å²) in [6.45, 7) is 5.48. The zero-order valence-electron chi connectivity index (χ0n) is 17.9. The number of carboxylic acids is 2. The second kappa shape index (κ2) is 12.4. The van der Waals surface area contributed by atoms with Crippen LogP contribution in [0.5, 0.6) is 0 Å². The third-order valence-corrected chi connectivity index (χ3v) is 4.35. The number of anilines is 2. The molecule has 0 unspecified atom stereocenters. The predicted octanol–water partition coefficient (Wildman–Crippen LogP) is 5.04. The summed E-state index contributed by atoms with van der Waals surface area (Å²) in [4.78, 5) is 34.8. The lowest BCUT2D eigenvalue weighted by molar-refractivity contribution is -0.192. The molecule has 0 saturated carbocycles. The van der Waals surface area contributed by atoms with Crippen LogP contribution in [0.25, 0.3) is 0 Å². The average molecular weight is 472 g/mol. The van der Waals surface area contributed by atoms with Crippen LogP contribution < -0.4 is 10.2 Å². The molecule has 0 fully saturated rings. The molecule has 0 heterocycles. The largest absolute Gasteiger partial charge is 0.490 e. The molecule has 0 bridgehead atoms. The van der Waals surface area contributed by atoms with Gasteiger partial charge in [-0.2, -0.15) is 13.2 Å². The fraction of sp³-hybridized carbons (Fsp3) is 0.318. The molecule has 7 nitrogen and oxygen atoms in total. The van der Waals surface area contributed by atoms with Crippen molar-refractivity contribution in [2.45, 2.75) is 32.9 Å². The van der Waals surface area contributed by atoms with E-state index in [1.54, 1.807) is 18.2 Å². The van der Waals surface area contributed by atoms with E-state index in [-0.39, 0.29) is 11.1 Å². The first-order valence-electron chi connectivity index (χ1n) is 9.90. The lowest BCUT2D eigenvalue weighted by atomic mass is 10.1. The summed E-state index contributed by atoms with van der Waals surface area (Å²) in [7, 11) is 0. The van der Waals surface area contributed by atoms with E-state index >= 15 is 0 Å². The Kier molecular flexibility index (Phi) is 10.3. The molecular weight excluding hydrogens is 448 g/mol. The average Bonchev–Trinajstić information content (AvgIpc) is 2.74. The van der Waals surface area contributed by atoms with Crippen LogP contribution in [0.15, 0.2) is 42.5 Å². The number of alkyl halides is 3. The van der Waals surface area contributed by atoms with E-state index in [4.69, 9.17) is 9.90 Å². The van der Waals surface area contributed by atoms with Gasteiger partial charge in [0, 0.05) is 18.8 Å². The van der Waals surface area contributed by atoms with Crippen molar-refractivity contribution in [3.05, 3.63) is 59.4 Å². The van der Waals surface area contributed by atoms with Crippen molar-refractivity contribution in [2.75, 3.05) is 23.3 Å². The molecule has 0 radical (unpaired) electrons. The number of benzene rings is 2. The Morgan fingerprint density at radius 1 is 1.00 bits per heavy atom. The second-order valence-electron chi connectivity index (χ2n) is 6.71. The first-order valence-corrected chi connectivity index (χ1v) is 9.90. The quantitative estimate of drug-likeness (QED) is 0.465. The number of carboxylic acid groups (broad SMARTS) is 2. The number of unbranched alkanes of at least 4 members (excludes halogenated alkanes) is 1.